The third-order valence-electron chi connectivity index (χ3n) is 3.56. The largest absolute Gasteiger partial charge is 0.388 e. The van der Waals surface area contributed by atoms with E-state index < -0.39 is 0 Å². The molecular formula is C15H25NO. The second kappa shape index (κ2) is 6.65. The molecule has 0 aliphatic heterocycles. The molecule has 0 saturated carbocycles. The van der Waals surface area contributed by atoms with Crippen LogP contribution < -0.4 is 4.90 Å². The molecule has 17 heavy (non-hydrogen) atoms. The van der Waals surface area contributed by atoms with Crippen molar-refractivity contribution in [3.8, 4) is 0 Å². The summed E-state index contributed by atoms with van der Waals surface area (Å²) in [4.78, 5) is 2.32. The number of aliphatic hydroxyl groups excluding tert-OH is 1. The molecule has 0 fully saturated rings. The van der Waals surface area contributed by atoms with Crippen LogP contribution in [-0.2, 0) is 0 Å². The third-order valence-corrected chi connectivity index (χ3v) is 3.56. The lowest BCUT2D eigenvalue weighted by Crippen LogP contribution is -2.30. The van der Waals surface area contributed by atoms with E-state index in [-0.39, 0.29) is 6.10 Å². The van der Waals surface area contributed by atoms with Gasteiger partial charge in [0.2, 0.25) is 0 Å². The molecule has 0 aliphatic carbocycles. The van der Waals surface area contributed by atoms with Gasteiger partial charge < -0.3 is 10.0 Å². The minimum absolute atomic E-state index is 0.331. The number of hydrogen-bond acceptors (Lipinski definition) is 2. The summed E-state index contributed by atoms with van der Waals surface area (Å²) in [7, 11) is 2.14. The third kappa shape index (κ3) is 3.47. The van der Waals surface area contributed by atoms with Crippen LogP contribution in [0.15, 0.2) is 24.3 Å². The summed E-state index contributed by atoms with van der Waals surface area (Å²) in [6.45, 7) is 6.44. The van der Waals surface area contributed by atoms with Crippen molar-refractivity contribution < 1.29 is 5.11 Å². The van der Waals surface area contributed by atoms with Crippen molar-refractivity contribution in [2.45, 2.75) is 52.2 Å². The molecule has 2 heteroatoms. The smallest absolute Gasteiger partial charge is 0.0787 e. The molecule has 0 aliphatic rings. The maximum atomic E-state index is 9.75. The van der Waals surface area contributed by atoms with Crippen LogP contribution in [-0.4, -0.2) is 18.2 Å². The Morgan fingerprint density at radius 3 is 1.94 bits per heavy atom. The first-order valence-electron chi connectivity index (χ1n) is 6.64. The summed E-state index contributed by atoms with van der Waals surface area (Å²) in [5.41, 5.74) is 2.24. The van der Waals surface area contributed by atoms with E-state index in [9.17, 15) is 5.11 Å². The van der Waals surface area contributed by atoms with Crippen LogP contribution in [0.1, 0.15) is 51.7 Å². The fourth-order valence-corrected chi connectivity index (χ4v) is 2.21. The summed E-state index contributed by atoms with van der Waals surface area (Å²) < 4.78 is 0. The molecule has 1 N–H and O–H groups in total. The van der Waals surface area contributed by atoms with Crippen LogP contribution in [0.5, 0.6) is 0 Å². The van der Waals surface area contributed by atoms with Crippen molar-refractivity contribution in [3.63, 3.8) is 0 Å². The van der Waals surface area contributed by atoms with E-state index in [0.717, 1.165) is 24.8 Å². The van der Waals surface area contributed by atoms with Gasteiger partial charge in [0, 0.05) is 18.8 Å². The number of rotatable bonds is 6. The second-order valence-corrected chi connectivity index (χ2v) is 4.60. The van der Waals surface area contributed by atoms with E-state index >= 15 is 0 Å². The van der Waals surface area contributed by atoms with Crippen LogP contribution in [0, 0.1) is 0 Å². The summed E-state index contributed by atoms with van der Waals surface area (Å²) in [5, 5.41) is 9.75. The lowest BCUT2D eigenvalue weighted by molar-refractivity contribution is 0.173. The summed E-state index contributed by atoms with van der Waals surface area (Å²) in [5.74, 6) is 0. The highest BCUT2D eigenvalue weighted by Gasteiger charge is 2.11. The van der Waals surface area contributed by atoms with E-state index in [0.29, 0.717) is 6.04 Å². The van der Waals surface area contributed by atoms with E-state index in [1.165, 1.54) is 5.69 Å². The minimum atomic E-state index is -0.331. The van der Waals surface area contributed by atoms with Gasteiger partial charge in [-0.15, -0.1) is 0 Å². The number of nitrogens with zero attached hydrogens (tertiary/aromatic N) is 1. The summed E-state index contributed by atoms with van der Waals surface area (Å²) >= 11 is 0. The SMILES string of the molecule is CCC(CC)N(C)c1ccc([C@H](O)CC)cc1. The molecule has 0 bridgehead atoms. The van der Waals surface area contributed by atoms with Crippen LogP contribution >= 0.6 is 0 Å². The Hall–Kier alpha value is -1.02. The Bertz CT molecular complexity index is 316. The summed E-state index contributed by atoms with van der Waals surface area (Å²) in [6, 6.07) is 8.86. The highest BCUT2D eigenvalue weighted by molar-refractivity contribution is 5.48. The highest BCUT2D eigenvalue weighted by Crippen LogP contribution is 2.22. The quantitative estimate of drug-likeness (QED) is 0.811. The maximum Gasteiger partial charge on any atom is 0.0787 e. The van der Waals surface area contributed by atoms with Crippen molar-refractivity contribution in [1.29, 1.82) is 0 Å². The fraction of sp³-hybridized carbons (Fsp3) is 0.600. The van der Waals surface area contributed by atoms with Gasteiger partial charge in [-0.3, -0.25) is 0 Å². The van der Waals surface area contributed by atoms with Gasteiger partial charge >= 0.3 is 0 Å². The standard InChI is InChI=1S/C15H25NO/c1-5-13(6-2)16(4)14-10-8-12(9-11-14)15(17)7-3/h8-11,13,15,17H,5-7H2,1-4H3/t15-/m1/s1. The van der Waals surface area contributed by atoms with Crippen LogP contribution in [0.4, 0.5) is 5.69 Å². The number of benzene rings is 1. The Kier molecular flexibility index (Phi) is 5.49. The normalized spacial score (nSPS) is 12.8. The molecule has 0 spiro atoms. The van der Waals surface area contributed by atoms with Crippen molar-refractivity contribution in [1.82, 2.24) is 0 Å². The molecule has 0 amide bonds. The topological polar surface area (TPSA) is 23.5 Å². The van der Waals surface area contributed by atoms with Gasteiger partial charge in [0.25, 0.3) is 0 Å². The number of aliphatic hydroxyl groups is 1. The molecule has 96 valence electrons. The van der Waals surface area contributed by atoms with Crippen molar-refractivity contribution in [3.05, 3.63) is 29.8 Å². The summed E-state index contributed by atoms with van der Waals surface area (Å²) in [6.07, 6.45) is 2.75. The van der Waals surface area contributed by atoms with Gasteiger partial charge in [-0.05, 0) is 37.0 Å². The van der Waals surface area contributed by atoms with E-state index in [2.05, 4.69) is 37.9 Å². The first-order valence-corrected chi connectivity index (χ1v) is 6.64. The first-order chi connectivity index (χ1) is 8.13. The average Bonchev–Trinajstić information content (AvgIpc) is 2.39. The first kappa shape index (κ1) is 14.0. The predicted molar refractivity (Wildman–Crippen MR) is 74.5 cm³/mol. The van der Waals surface area contributed by atoms with Crippen molar-refractivity contribution in [2.75, 3.05) is 11.9 Å². The molecule has 0 unspecified atom stereocenters. The van der Waals surface area contributed by atoms with E-state index in [1.54, 1.807) is 0 Å². The second-order valence-electron chi connectivity index (χ2n) is 4.60. The highest BCUT2D eigenvalue weighted by atomic mass is 16.3. The lowest BCUT2D eigenvalue weighted by Gasteiger charge is -2.28. The number of anilines is 1. The van der Waals surface area contributed by atoms with Gasteiger partial charge in [0.05, 0.1) is 6.10 Å². The molecule has 0 radical (unpaired) electrons. The predicted octanol–water partition coefficient (Wildman–Crippen LogP) is 3.75. The maximum absolute atomic E-state index is 9.75. The molecule has 0 aromatic heterocycles. The molecule has 1 atom stereocenters. The van der Waals surface area contributed by atoms with Gasteiger partial charge in [-0.2, -0.15) is 0 Å². The van der Waals surface area contributed by atoms with Gasteiger partial charge in [0.1, 0.15) is 0 Å². The zero-order valence-electron chi connectivity index (χ0n) is 11.5. The zero-order chi connectivity index (χ0) is 12.8. The molecule has 1 aromatic carbocycles. The molecule has 1 aromatic rings. The molecule has 0 heterocycles. The molecule has 1 rings (SSSR count). The number of hydrogen-bond donors (Lipinski definition) is 1. The van der Waals surface area contributed by atoms with E-state index in [4.69, 9.17) is 0 Å². The Balaban J connectivity index is 2.79. The molecule has 0 saturated heterocycles. The van der Waals surface area contributed by atoms with E-state index in [1.807, 2.05) is 19.1 Å². The van der Waals surface area contributed by atoms with Crippen LogP contribution in [0.3, 0.4) is 0 Å². The monoisotopic (exact) mass is 235 g/mol. The van der Waals surface area contributed by atoms with Gasteiger partial charge in [-0.1, -0.05) is 32.9 Å². The van der Waals surface area contributed by atoms with Crippen LogP contribution in [0.25, 0.3) is 0 Å². The van der Waals surface area contributed by atoms with Crippen LogP contribution in [0.2, 0.25) is 0 Å². The van der Waals surface area contributed by atoms with Crippen molar-refractivity contribution in [2.24, 2.45) is 0 Å². The fourth-order valence-electron chi connectivity index (χ4n) is 2.21. The lowest BCUT2D eigenvalue weighted by atomic mass is 10.1. The minimum Gasteiger partial charge on any atom is -0.388 e. The zero-order valence-corrected chi connectivity index (χ0v) is 11.5. The van der Waals surface area contributed by atoms with Gasteiger partial charge in [-0.25, -0.2) is 0 Å². The van der Waals surface area contributed by atoms with Crippen molar-refractivity contribution >= 4 is 5.69 Å². The average molecular weight is 235 g/mol. The molecule has 2 nitrogen and oxygen atoms in total. The van der Waals surface area contributed by atoms with Gasteiger partial charge in [0.15, 0.2) is 0 Å². The Labute approximate surface area is 105 Å². The Morgan fingerprint density at radius 1 is 1.00 bits per heavy atom. The Morgan fingerprint density at radius 2 is 1.53 bits per heavy atom. The molecular weight excluding hydrogens is 210 g/mol.